The molecule has 0 aliphatic heterocycles. The normalized spacial score (nSPS) is 9.69. The monoisotopic (exact) mass is 228 g/mol. The quantitative estimate of drug-likeness (QED) is 0.753. The predicted octanol–water partition coefficient (Wildman–Crippen LogP) is 2.15. The minimum atomic E-state index is 0.390. The van der Waals surface area contributed by atoms with Gasteiger partial charge in [-0.15, -0.1) is 10.2 Å². The first kappa shape index (κ1) is 10.6. The maximum atomic E-state index is 8.43. The van der Waals surface area contributed by atoms with E-state index in [9.17, 15) is 0 Å². The van der Waals surface area contributed by atoms with Crippen molar-refractivity contribution in [2.75, 3.05) is 5.75 Å². The molecular weight excluding hydrogens is 220 g/mol. The molecule has 0 atom stereocenters. The molecule has 2 rings (SSSR count). The van der Waals surface area contributed by atoms with Gasteiger partial charge in [-0.2, -0.15) is 5.26 Å². The third kappa shape index (κ3) is 2.55. The van der Waals surface area contributed by atoms with E-state index in [0.29, 0.717) is 5.75 Å². The smallest absolute Gasteiger partial charge is 0.120 e. The van der Waals surface area contributed by atoms with Gasteiger partial charge in [0, 0.05) is 18.0 Å². The highest BCUT2D eigenvalue weighted by molar-refractivity contribution is 7.99. The lowest BCUT2D eigenvalue weighted by atomic mass is 10.2. The number of thioether (sulfide) groups is 1. The van der Waals surface area contributed by atoms with Crippen LogP contribution in [0, 0.1) is 11.3 Å². The van der Waals surface area contributed by atoms with E-state index in [4.69, 9.17) is 5.26 Å². The number of hydrogen-bond acceptors (Lipinski definition) is 5. The third-order valence-electron chi connectivity index (χ3n) is 1.88. The summed E-state index contributed by atoms with van der Waals surface area (Å²) in [5.74, 6) is 0.390. The average molecular weight is 228 g/mol. The van der Waals surface area contributed by atoms with Crippen LogP contribution in [0.3, 0.4) is 0 Å². The maximum absolute atomic E-state index is 8.43. The largest absolute Gasteiger partial charge is 0.264 e. The van der Waals surface area contributed by atoms with Crippen LogP contribution in [-0.4, -0.2) is 20.9 Å². The minimum absolute atomic E-state index is 0.390. The molecule has 2 aromatic rings. The molecule has 0 fully saturated rings. The van der Waals surface area contributed by atoms with Gasteiger partial charge in [0.15, 0.2) is 0 Å². The Morgan fingerprint density at radius 1 is 1.25 bits per heavy atom. The fourth-order valence-corrected chi connectivity index (χ4v) is 1.65. The van der Waals surface area contributed by atoms with Crippen molar-refractivity contribution in [2.24, 2.45) is 0 Å². The van der Waals surface area contributed by atoms with E-state index in [0.717, 1.165) is 16.3 Å². The zero-order valence-electron chi connectivity index (χ0n) is 8.37. The van der Waals surface area contributed by atoms with Gasteiger partial charge in [0.2, 0.25) is 0 Å². The molecule has 0 radical (unpaired) electrons. The van der Waals surface area contributed by atoms with Gasteiger partial charge in [0.05, 0.1) is 17.5 Å². The summed E-state index contributed by atoms with van der Waals surface area (Å²) in [6.45, 7) is 0. The van der Waals surface area contributed by atoms with Crippen LogP contribution in [0.2, 0.25) is 0 Å². The van der Waals surface area contributed by atoms with Crippen molar-refractivity contribution in [3.8, 4) is 17.3 Å². The zero-order chi connectivity index (χ0) is 11.2. The highest BCUT2D eigenvalue weighted by Crippen LogP contribution is 2.18. The Morgan fingerprint density at radius 3 is 2.81 bits per heavy atom. The molecular formula is C11H8N4S. The Balaban J connectivity index is 2.17. The summed E-state index contributed by atoms with van der Waals surface area (Å²) in [6.07, 6.45) is 3.46. The second-order valence-corrected chi connectivity index (χ2v) is 3.94. The van der Waals surface area contributed by atoms with Gasteiger partial charge in [-0.1, -0.05) is 11.8 Å². The Kier molecular flexibility index (Phi) is 3.46. The van der Waals surface area contributed by atoms with E-state index < -0.39 is 0 Å². The lowest BCUT2D eigenvalue weighted by Crippen LogP contribution is -1.89. The third-order valence-corrected chi connectivity index (χ3v) is 2.67. The maximum Gasteiger partial charge on any atom is 0.120 e. The van der Waals surface area contributed by atoms with E-state index >= 15 is 0 Å². The SMILES string of the molecule is N#CCSc1ccc(-c2cccnc2)nn1. The van der Waals surface area contributed by atoms with Gasteiger partial charge in [-0.25, -0.2) is 0 Å². The average Bonchev–Trinajstić information content (AvgIpc) is 2.38. The molecule has 0 spiro atoms. The fraction of sp³-hybridized carbons (Fsp3) is 0.0909. The van der Waals surface area contributed by atoms with E-state index in [2.05, 4.69) is 15.2 Å². The molecule has 2 aromatic heterocycles. The lowest BCUT2D eigenvalue weighted by Gasteiger charge is -1.99. The van der Waals surface area contributed by atoms with Crippen LogP contribution in [0.15, 0.2) is 41.7 Å². The molecule has 5 heteroatoms. The number of rotatable bonds is 3. The summed E-state index contributed by atoms with van der Waals surface area (Å²) in [5.41, 5.74) is 1.72. The first-order valence-corrected chi connectivity index (χ1v) is 5.62. The van der Waals surface area contributed by atoms with Gasteiger partial charge >= 0.3 is 0 Å². The highest BCUT2D eigenvalue weighted by atomic mass is 32.2. The molecule has 0 bridgehead atoms. The molecule has 0 unspecified atom stereocenters. The number of aromatic nitrogens is 3. The van der Waals surface area contributed by atoms with Crippen LogP contribution >= 0.6 is 11.8 Å². The van der Waals surface area contributed by atoms with Crippen molar-refractivity contribution in [1.82, 2.24) is 15.2 Å². The Bertz CT molecular complexity index is 490. The number of nitrogens with zero attached hydrogens (tertiary/aromatic N) is 4. The van der Waals surface area contributed by atoms with Crippen molar-refractivity contribution in [2.45, 2.75) is 5.03 Å². The number of pyridine rings is 1. The summed E-state index contributed by atoms with van der Waals surface area (Å²) in [5, 5.41) is 17.3. The summed E-state index contributed by atoms with van der Waals surface area (Å²) in [4.78, 5) is 4.02. The summed E-state index contributed by atoms with van der Waals surface area (Å²) in [6, 6.07) is 9.57. The lowest BCUT2D eigenvalue weighted by molar-refractivity contribution is 0.936. The van der Waals surface area contributed by atoms with E-state index in [1.165, 1.54) is 11.8 Å². The van der Waals surface area contributed by atoms with Crippen molar-refractivity contribution in [3.63, 3.8) is 0 Å². The van der Waals surface area contributed by atoms with Gasteiger partial charge in [0.25, 0.3) is 0 Å². The van der Waals surface area contributed by atoms with Crippen LogP contribution in [0.1, 0.15) is 0 Å². The molecule has 4 nitrogen and oxygen atoms in total. The van der Waals surface area contributed by atoms with Crippen molar-refractivity contribution >= 4 is 11.8 Å². The van der Waals surface area contributed by atoms with Gasteiger partial charge < -0.3 is 0 Å². The topological polar surface area (TPSA) is 62.5 Å². The molecule has 0 aliphatic rings. The molecule has 16 heavy (non-hydrogen) atoms. The summed E-state index contributed by atoms with van der Waals surface area (Å²) < 4.78 is 0. The van der Waals surface area contributed by atoms with E-state index in [1.54, 1.807) is 12.4 Å². The minimum Gasteiger partial charge on any atom is -0.264 e. The Labute approximate surface area is 97.4 Å². The molecule has 78 valence electrons. The molecule has 0 N–H and O–H groups in total. The molecule has 0 amide bonds. The van der Waals surface area contributed by atoms with Crippen molar-refractivity contribution in [3.05, 3.63) is 36.7 Å². The van der Waals surface area contributed by atoms with Crippen LogP contribution < -0.4 is 0 Å². The van der Waals surface area contributed by atoms with Crippen molar-refractivity contribution < 1.29 is 0 Å². The molecule has 2 heterocycles. The first-order chi connectivity index (χ1) is 7.90. The van der Waals surface area contributed by atoms with Crippen LogP contribution in [0.5, 0.6) is 0 Å². The zero-order valence-corrected chi connectivity index (χ0v) is 9.18. The first-order valence-electron chi connectivity index (χ1n) is 4.64. The van der Waals surface area contributed by atoms with Crippen molar-refractivity contribution in [1.29, 1.82) is 5.26 Å². The van der Waals surface area contributed by atoms with Crippen LogP contribution in [0.25, 0.3) is 11.3 Å². The molecule has 0 aromatic carbocycles. The molecule has 0 aliphatic carbocycles. The van der Waals surface area contributed by atoms with Gasteiger partial charge in [-0.3, -0.25) is 4.98 Å². The van der Waals surface area contributed by atoms with Crippen LogP contribution in [0.4, 0.5) is 0 Å². The second kappa shape index (κ2) is 5.24. The van der Waals surface area contributed by atoms with E-state index in [-0.39, 0.29) is 0 Å². The fourth-order valence-electron chi connectivity index (χ4n) is 1.17. The van der Waals surface area contributed by atoms with Crippen LogP contribution in [-0.2, 0) is 0 Å². The van der Waals surface area contributed by atoms with Gasteiger partial charge in [-0.05, 0) is 24.3 Å². The summed E-state index contributed by atoms with van der Waals surface area (Å²) >= 11 is 1.37. The number of nitriles is 1. The van der Waals surface area contributed by atoms with E-state index in [1.807, 2.05) is 30.3 Å². The summed E-state index contributed by atoms with van der Waals surface area (Å²) in [7, 11) is 0. The predicted molar refractivity (Wildman–Crippen MR) is 61.6 cm³/mol. The highest BCUT2D eigenvalue weighted by Gasteiger charge is 2.00. The van der Waals surface area contributed by atoms with Gasteiger partial charge in [0.1, 0.15) is 5.03 Å². The standard InChI is InChI=1S/C11H8N4S/c12-5-7-16-11-4-3-10(14-15-11)9-2-1-6-13-8-9/h1-4,6,8H,7H2. The molecule has 0 saturated carbocycles. The molecule has 0 saturated heterocycles. The Hall–Kier alpha value is -1.93. The second-order valence-electron chi connectivity index (χ2n) is 2.95. The Morgan fingerprint density at radius 2 is 2.19 bits per heavy atom. The number of hydrogen-bond donors (Lipinski definition) is 0.